The van der Waals surface area contributed by atoms with Crippen LogP contribution in [0.3, 0.4) is 0 Å². The second-order valence-electron chi connectivity index (χ2n) is 3.46. The molecule has 0 radical (unpaired) electrons. The van der Waals surface area contributed by atoms with Crippen LogP contribution in [0.15, 0.2) is 24.4 Å². The van der Waals surface area contributed by atoms with Gasteiger partial charge >= 0.3 is 5.97 Å². The van der Waals surface area contributed by atoms with Crippen LogP contribution >= 0.6 is 0 Å². The number of benzene rings is 1. The zero-order valence-corrected chi connectivity index (χ0v) is 8.82. The normalized spacial score (nSPS) is 10.5. The van der Waals surface area contributed by atoms with E-state index in [-0.39, 0.29) is 16.8 Å². The Kier molecular flexibility index (Phi) is 2.63. The van der Waals surface area contributed by atoms with Crippen LogP contribution in [0.5, 0.6) is 0 Å². The van der Waals surface area contributed by atoms with Crippen LogP contribution in [0.25, 0.3) is 11.3 Å². The summed E-state index contributed by atoms with van der Waals surface area (Å²) in [6.07, 6.45) is 1.17. The van der Waals surface area contributed by atoms with Crippen molar-refractivity contribution in [1.29, 1.82) is 0 Å². The average molecular weight is 238 g/mol. The van der Waals surface area contributed by atoms with Crippen molar-refractivity contribution in [3.05, 3.63) is 41.6 Å². The summed E-state index contributed by atoms with van der Waals surface area (Å²) in [6, 6.07) is 3.20. The minimum absolute atomic E-state index is 0.0569. The molecule has 1 heterocycles. The molecule has 1 aromatic carbocycles. The fraction of sp³-hybridized carbons (Fsp3) is 0.0909. The predicted molar refractivity (Wildman–Crippen MR) is 55.5 cm³/mol. The van der Waals surface area contributed by atoms with E-state index in [2.05, 4.69) is 5.10 Å². The molecule has 0 atom stereocenters. The Morgan fingerprint density at radius 1 is 1.35 bits per heavy atom. The highest BCUT2D eigenvalue weighted by molar-refractivity contribution is 5.94. The highest BCUT2D eigenvalue weighted by Crippen LogP contribution is 2.24. The Morgan fingerprint density at radius 3 is 2.65 bits per heavy atom. The van der Waals surface area contributed by atoms with E-state index in [9.17, 15) is 13.6 Å². The summed E-state index contributed by atoms with van der Waals surface area (Å²) in [5, 5.41) is 12.7. The molecule has 4 nitrogen and oxygen atoms in total. The summed E-state index contributed by atoms with van der Waals surface area (Å²) < 4.78 is 27.2. The molecule has 0 fully saturated rings. The first-order valence-corrected chi connectivity index (χ1v) is 4.71. The number of hydrogen-bond donors (Lipinski definition) is 1. The van der Waals surface area contributed by atoms with Crippen molar-refractivity contribution in [1.82, 2.24) is 9.78 Å². The molecule has 17 heavy (non-hydrogen) atoms. The predicted octanol–water partition coefficient (Wildman–Crippen LogP) is 2.06. The fourth-order valence-corrected chi connectivity index (χ4v) is 1.58. The standard InChI is InChI=1S/C11H8F2N2O2/c1-15-10(7(5-14-15)11(16)17)6-2-3-8(12)9(13)4-6/h2-5H,1H3,(H,16,17). The number of carboxylic acids is 1. The molecule has 0 saturated heterocycles. The molecule has 0 unspecified atom stereocenters. The molecule has 2 aromatic rings. The molecule has 0 bridgehead atoms. The molecule has 0 saturated carbocycles. The second-order valence-corrected chi connectivity index (χ2v) is 3.46. The quantitative estimate of drug-likeness (QED) is 0.871. The van der Waals surface area contributed by atoms with Crippen LogP contribution in [-0.4, -0.2) is 20.9 Å². The van der Waals surface area contributed by atoms with Crippen LogP contribution in [0.1, 0.15) is 10.4 Å². The van der Waals surface area contributed by atoms with Gasteiger partial charge in [-0.05, 0) is 18.2 Å². The van der Waals surface area contributed by atoms with Gasteiger partial charge in [-0.3, -0.25) is 4.68 Å². The third-order valence-corrected chi connectivity index (χ3v) is 2.36. The van der Waals surface area contributed by atoms with Crippen molar-refractivity contribution in [3.63, 3.8) is 0 Å². The highest BCUT2D eigenvalue weighted by Gasteiger charge is 2.17. The Morgan fingerprint density at radius 2 is 2.06 bits per heavy atom. The van der Waals surface area contributed by atoms with Gasteiger partial charge in [-0.15, -0.1) is 0 Å². The molecular weight excluding hydrogens is 230 g/mol. The minimum Gasteiger partial charge on any atom is -0.478 e. The van der Waals surface area contributed by atoms with Crippen LogP contribution < -0.4 is 0 Å². The van der Waals surface area contributed by atoms with Crippen LogP contribution in [0, 0.1) is 11.6 Å². The van der Waals surface area contributed by atoms with Crippen LogP contribution in [-0.2, 0) is 7.05 Å². The molecule has 1 N–H and O–H groups in total. The molecule has 0 aliphatic heterocycles. The summed E-state index contributed by atoms with van der Waals surface area (Å²) in [7, 11) is 1.53. The maximum Gasteiger partial charge on any atom is 0.339 e. The van der Waals surface area contributed by atoms with Crippen molar-refractivity contribution in [2.75, 3.05) is 0 Å². The van der Waals surface area contributed by atoms with Gasteiger partial charge in [-0.2, -0.15) is 5.10 Å². The number of aromatic carboxylic acids is 1. The number of aromatic nitrogens is 2. The van der Waals surface area contributed by atoms with Crippen LogP contribution in [0.4, 0.5) is 8.78 Å². The van der Waals surface area contributed by atoms with Gasteiger partial charge in [0.25, 0.3) is 0 Å². The van der Waals surface area contributed by atoms with E-state index in [4.69, 9.17) is 5.11 Å². The maximum absolute atomic E-state index is 13.1. The van der Waals surface area contributed by atoms with Crippen LogP contribution in [0.2, 0.25) is 0 Å². The number of hydrogen-bond acceptors (Lipinski definition) is 2. The molecule has 1 aromatic heterocycles. The SMILES string of the molecule is Cn1ncc(C(=O)O)c1-c1ccc(F)c(F)c1. The summed E-state index contributed by atoms with van der Waals surface area (Å²) in [4.78, 5) is 10.9. The van der Waals surface area contributed by atoms with Gasteiger partial charge in [-0.1, -0.05) is 0 Å². The monoisotopic (exact) mass is 238 g/mol. The van der Waals surface area contributed by atoms with E-state index in [1.165, 1.54) is 24.0 Å². The Balaban J connectivity index is 2.63. The van der Waals surface area contributed by atoms with E-state index >= 15 is 0 Å². The van der Waals surface area contributed by atoms with E-state index in [0.29, 0.717) is 0 Å². The van der Waals surface area contributed by atoms with Gasteiger partial charge in [-0.25, -0.2) is 13.6 Å². The Bertz CT molecular complexity index is 593. The van der Waals surface area contributed by atoms with Gasteiger partial charge in [0.1, 0.15) is 5.56 Å². The Labute approximate surface area is 95.1 Å². The summed E-state index contributed by atoms with van der Waals surface area (Å²) in [5.74, 6) is -3.18. The average Bonchev–Trinajstić information content (AvgIpc) is 2.64. The second kappa shape index (κ2) is 3.97. The summed E-state index contributed by atoms with van der Waals surface area (Å²) in [5.41, 5.74) is 0.441. The zero-order valence-electron chi connectivity index (χ0n) is 8.82. The van der Waals surface area contributed by atoms with Gasteiger partial charge in [0.2, 0.25) is 0 Å². The smallest absolute Gasteiger partial charge is 0.339 e. The lowest BCUT2D eigenvalue weighted by Gasteiger charge is -2.04. The van der Waals surface area contributed by atoms with Crippen molar-refractivity contribution in [2.45, 2.75) is 0 Å². The molecule has 2 rings (SSSR count). The number of nitrogens with zero attached hydrogens (tertiary/aromatic N) is 2. The number of aryl methyl sites for hydroxylation is 1. The van der Waals surface area contributed by atoms with Crippen molar-refractivity contribution in [3.8, 4) is 11.3 Å². The third-order valence-electron chi connectivity index (χ3n) is 2.36. The van der Waals surface area contributed by atoms with Gasteiger partial charge in [0.15, 0.2) is 11.6 Å². The van der Waals surface area contributed by atoms with Gasteiger partial charge < -0.3 is 5.11 Å². The summed E-state index contributed by atoms with van der Waals surface area (Å²) in [6.45, 7) is 0. The van der Waals surface area contributed by atoms with E-state index < -0.39 is 17.6 Å². The molecular formula is C11H8F2N2O2. The molecule has 6 heteroatoms. The number of carbonyl (C=O) groups is 1. The fourth-order valence-electron chi connectivity index (χ4n) is 1.58. The maximum atomic E-state index is 13.1. The molecule has 0 aliphatic carbocycles. The zero-order chi connectivity index (χ0) is 12.6. The number of halogens is 2. The number of rotatable bonds is 2. The van der Waals surface area contributed by atoms with Crippen molar-refractivity contribution < 1.29 is 18.7 Å². The lowest BCUT2D eigenvalue weighted by Crippen LogP contribution is -2.01. The molecule has 0 aliphatic rings. The highest BCUT2D eigenvalue weighted by atomic mass is 19.2. The van der Waals surface area contributed by atoms with Gasteiger partial charge in [0, 0.05) is 12.6 Å². The van der Waals surface area contributed by atoms with E-state index in [1.54, 1.807) is 0 Å². The van der Waals surface area contributed by atoms with Crippen molar-refractivity contribution >= 4 is 5.97 Å². The van der Waals surface area contributed by atoms with E-state index in [1.807, 2.05) is 0 Å². The molecule has 88 valence electrons. The molecule has 0 amide bonds. The molecule has 0 spiro atoms. The topological polar surface area (TPSA) is 55.1 Å². The van der Waals surface area contributed by atoms with Crippen molar-refractivity contribution in [2.24, 2.45) is 7.05 Å². The third kappa shape index (κ3) is 1.89. The lowest BCUT2D eigenvalue weighted by molar-refractivity contribution is 0.0697. The first-order valence-electron chi connectivity index (χ1n) is 4.71. The number of carboxylic acid groups (broad SMARTS) is 1. The largest absolute Gasteiger partial charge is 0.478 e. The minimum atomic E-state index is -1.17. The van der Waals surface area contributed by atoms with Gasteiger partial charge in [0.05, 0.1) is 11.9 Å². The summed E-state index contributed by atoms with van der Waals surface area (Å²) >= 11 is 0. The van der Waals surface area contributed by atoms with E-state index in [0.717, 1.165) is 12.1 Å². The first-order chi connectivity index (χ1) is 8.00. The Hall–Kier alpha value is -2.24. The first kappa shape index (κ1) is 11.3. The lowest BCUT2D eigenvalue weighted by atomic mass is 10.1.